The van der Waals surface area contributed by atoms with E-state index in [0.29, 0.717) is 17.7 Å². The van der Waals surface area contributed by atoms with Crippen molar-refractivity contribution in [3.63, 3.8) is 0 Å². The molecular weight excluding hydrogens is 217 g/mol. The molecule has 0 aliphatic heterocycles. The van der Waals surface area contributed by atoms with Gasteiger partial charge in [-0.25, -0.2) is 4.39 Å². The maximum atomic E-state index is 13.2. The van der Waals surface area contributed by atoms with Crippen molar-refractivity contribution in [1.29, 1.82) is 0 Å². The molecule has 0 heterocycles. The van der Waals surface area contributed by atoms with Gasteiger partial charge in [0, 0.05) is 6.54 Å². The maximum absolute atomic E-state index is 13.2. The van der Waals surface area contributed by atoms with Gasteiger partial charge in [-0.1, -0.05) is 36.9 Å². The van der Waals surface area contributed by atoms with Crippen molar-refractivity contribution < 1.29 is 9.18 Å². The van der Waals surface area contributed by atoms with Gasteiger partial charge in [0.1, 0.15) is 5.82 Å². The number of amides is 1. The Morgan fingerprint density at radius 3 is 2.94 bits per heavy atom. The summed E-state index contributed by atoms with van der Waals surface area (Å²) in [6.45, 7) is 5.67. The van der Waals surface area contributed by atoms with Crippen LogP contribution in [0, 0.1) is 12.7 Å². The Balaban J connectivity index is 2.47. The van der Waals surface area contributed by atoms with Crippen LogP contribution in [0.25, 0.3) is 0 Å². The highest BCUT2D eigenvalue weighted by molar-refractivity contribution is 5.78. The SMILES string of the molecule is C=CC=CCNC(=O)Cc1ccc(C)c(F)c1. The van der Waals surface area contributed by atoms with Crippen molar-refractivity contribution in [2.75, 3.05) is 6.54 Å². The quantitative estimate of drug-likeness (QED) is 0.778. The molecule has 1 N–H and O–H groups in total. The van der Waals surface area contributed by atoms with E-state index >= 15 is 0 Å². The normalized spacial score (nSPS) is 10.5. The van der Waals surface area contributed by atoms with Crippen molar-refractivity contribution in [1.82, 2.24) is 5.32 Å². The summed E-state index contributed by atoms with van der Waals surface area (Å²) in [6, 6.07) is 4.83. The summed E-state index contributed by atoms with van der Waals surface area (Å²) in [5, 5.41) is 2.70. The number of carbonyl (C=O) groups excluding carboxylic acids is 1. The minimum atomic E-state index is -0.276. The highest BCUT2D eigenvalue weighted by atomic mass is 19.1. The van der Waals surface area contributed by atoms with E-state index in [0.717, 1.165) is 0 Å². The molecule has 0 atom stereocenters. The van der Waals surface area contributed by atoms with Crippen LogP contribution in [-0.2, 0) is 11.2 Å². The molecule has 0 radical (unpaired) electrons. The number of hydrogen-bond donors (Lipinski definition) is 1. The van der Waals surface area contributed by atoms with Crippen LogP contribution in [0.2, 0.25) is 0 Å². The van der Waals surface area contributed by atoms with Crippen molar-refractivity contribution in [2.24, 2.45) is 0 Å². The summed E-state index contributed by atoms with van der Waals surface area (Å²) in [7, 11) is 0. The fourth-order valence-corrected chi connectivity index (χ4v) is 1.33. The minimum Gasteiger partial charge on any atom is -0.352 e. The summed E-state index contributed by atoms with van der Waals surface area (Å²) in [6.07, 6.45) is 5.38. The number of rotatable bonds is 5. The Hall–Kier alpha value is -1.90. The van der Waals surface area contributed by atoms with E-state index < -0.39 is 0 Å². The molecular formula is C14H16FNO. The summed E-state index contributed by atoms with van der Waals surface area (Å²) < 4.78 is 13.2. The van der Waals surface area contributed by atoms with Gasteiger partial charge in [-0.15, -0.1) is 0 Å². The minimum absolute atomic E-state index is 0.123. The van der Waals surface area contributed by atoms with Gasteiger partial charge in [-0.3, -0.25) is 4.79 Å². The van der Waals surface area contributed by atoms with Crippen LogP contribution in [0.15, 0.2) is 43.0 Å². The number of benzene rings is 1. The molecule has 1 aromatic rings. The van der Waals surface area contributed by atoms with E-state index in [1.165, 1.54) is 6.07 Å². The largest absolute Gasteiger partial charge is 0.352 e. The fraction of sp³-hybridized carbons (Fsp3) is 0.214. The van der Waals surface area contributed by atoms with Gasteiger partial charge in [0.25, 0.3) is 0 Å². The van der Waals surface area contributed by atoms with E-state index in [4.69, 9.17) is 0 Å². The highest BCUT2D eigenvalue weighted by Crippen LogP contribution is 2.09. The maximum Gasteiger partial charge on any atom is 0.224 e. The van der Waals surface area contributed by atoms with Crippen molar-refractivity contribution in [3.05, 3.63) is 60.0 Å². The Morgan fingerprint density at radius 1 is 1.53 bits per heavy atom. The average Bonchev–Trinajstić information content (AvgIpc) is 2.30. The first-order valence-electron chi connectivity index (χ1n) is 5.42. The highest BCUT2D eigenvalue weighted by Gasteiger charge is 2.04. The zero-order valence-corrected chi connectivity index (χ0v) is 9.87. The molecule has 0 aliphatic carbocycles. The van der Waals surface area contributed by atoms with Crippen LogP contribution >= 0.6 is 0 Å². The van der Waals surface area contributed by atoms with Crippen LogP contribution in [0.3, 0.4) is 0 Å². The van der Waals surface area contributed by atoms with Crippen molar-refractivity contribution >= 4 is 5.91 Å². The lowest BCUT2D eigenvalue weighted by molar-refractivity contribution is -0.120. The molecule has 0 saturated carbocycles. The third-order valence-electron chi connectivity index (χ3n) is 2.29. The van der Waals surface area contributed by atoms with Crippen LogP contribution in [-0.4, -0.2) is 12.5 Å². The van der Waals surface area contributed by atoms with Crippen molar-refractivity contribution in [3.8, 4) is 0 Å². The first-order valence-corrected chi connectivity index (χ1v) is 5.42. The summed E-state index contributed by atoms with van der Waals surface area (Å²) >= 11 is 0. The third-order valence-corrected chi connectivity index (χ3v) is 2.29. The van der Waals surface area contributed by atoms with E-state index in [1.54, 1.807) is 37.3 Å². The van der Waals surface area contributed by atoms with Crippen molar-refractivity contribution in [2.45, 2.75) is 13.3 Å². The first-order chi connectivity index (χ1) is 8.13. The second kappa shape index (κ2) is 6.63. The topological polar surface area (TPSA) is 29.1 Å². The molecule has 1 aromatic carbocycles. The molecule has 1 rings (SSSR count). The number of aryl methyl sites for hydroxylation is 1. The second-order valence-corrected chi connectivity index (χ2v) is 3.73. The summed E-state index contributed by atoms with van der Waals surface area (Å²) in [5.41, 5.74) is 1.27. The van der Waals surface area contributed by atoms with E-state index in [-0.39, 0.29) is 18.1 Å². The van der Waals surface area contributed by atoms with Gasteiger partial charge < -0.3 is 5.32 Å². The average molecular weight is 233 g/mol. The molecule has 0 aliphatic rings. The lowest BCUT2D eigenvalue weighted by Crippen LogP contribution is -2.25. The Bertz CT molecular complexity index is 438. The van der Waals surface area contributed by atoms with E-state index in [1.807, 2.05) is 0 Å². The molecule has 90 valence electrons. The number of nitrogens with one attached hydrogen (secondary N) is 1. The monoisotopic (exact) mass is 233 g/mol. The number of allylic oxidation sites excluding steroid dienone is 2. The molecule has 0 aromatic heterocycles. The Kier molecular flexibility index (Phi) is 5.14. The fourth-order valence-electron chi connectivity index (χ4n) is 1.33. The number of hydrogen-bond acceptors (Lipinski definition) is 1. The predicted octanol–water partition coefficient (Wildman–Crippen LogP) is 2.54. The van der Waals surface area contributed by atoms with Gasteiger partial charge in [0.15, 0.2) is 0 Å². The van der Waals surface area contributed by atoms with Gasteiger partial charge in [0.05, 0.1) is 6.42 Å². The molecule has 1 amide bonds. The molecule has 2 nitrogen and oxygen atoms in total. The van der Waals surface area contributed by atoms with Gasteiger partial charge in [-0.2, -0.15) is 0 Å². The van der Waals surface area contributed by atoms with Crippen LogP contribution < -0.4 is 5.32 Å². The Morgan fingerprint density at radius 2 is 2.29 bits per heavy atom. The second-order valence-electron chi connectivity index (χ2n) is 3.73. The van der Waals surface area contributed by atoms with E-state index in [2.05, 4.69) is 11.9 Å². The van der Waals surface area contributed by atoms with Gasteiger partial charge >= 0.3 is 0 Å². The lowest BCUT2D eigenvalue weighted by atomic mass is 10.1. The van der Waals surface area contributed by atoms with Gasteiger partial charge in [-0.05, 0) is 24.1 Å². The van der Waals surface area contributed by atoms with E-state index in [9.17, 15) is 9.18 Å². The number of halogens is 1. The predicted molar refractivity (Wildman–Crippen MR) is 67.2 cm³/mol. The molecule has 0 saturated heterocycles. The first kappa shape index (κ1) is 13.2. The molecule has 0 fully saturated rings. The van der Waals surface area contributed by atoms with Gasteiger partial charge in [0.2, 0.25) is 5.91 Å². The van der Waals surface area contributed by atoms with Crippen LogP contribution in [0.5, 0.6) is 0 Å². The lowest BCUT2D eigenvalue weighted by Gasteiger charge is -2.04. The Labute approximate surface area is 101 Å². The summed E-state index contributed by atoms with van der Waals surface area (Å²) in [5.74, 6) is -0.399. The third kappa shape index (κ3) is 4.64. The van der Waals surface area contributed by atoms with Crippen LogP contribution in [0.1, 0.15) is 11.1 Å². The number of carbonyl (C=O) groups is 1. The molecule has 0 unspecified atom stereocenters. The smallest absolute Gasteiger partial charge is 0.224 e. The molecule has 3 heteroatoms. The molecule has 0 bridgehead atoms. The zero-order chi connectivity index (χ0) is 12.7. The zero-order valence-electron chi connectivity index (χ0n) is 9.87. The molecule has 0 spiro atoms. The molecule has 17 heavy (non-hydrogen) atoms. The van der Waals surface area contributed by atoms with Crippen LogP contribution in [0.4, 0.5) is 4.39 Å². The summed E-state index contributed by atoms with van der Waals surface area (Å²) in [4.78, 5) is 11.5. The standard InChI is InChI=1S/C14H16FNO/c1-3-4-5-8-16-14(17)10-12-7-6-11(2)13(15)9-12/h3-7,9H,1,8,10H2,2H3,(H,16,17).